The van der Waals surface area contributed by atoms with Crippen LogP contribution in [0.4, 0.5) is 0 Å². The molecule has 17 aliphatic rings. The van der Waals surface area contributed by atoms with Gasteiger partial charge in [-0.2, -0.15) is 0 Å². The Morgan fingerprint density at radius 3 is 0.936 bits per heavy atom. The van der Waals surface area contributed by atoms with E-state index in [-0.39, 0.29) is 118 Å². The average molecular weight is 1770 g/mol. The van der Waals surface area contributed by atoms with Crippen LogP contribution in [-0.2, 0) is 85.8 Å². The molecule has 2 heterocycles. The molecule has 24 heteroatoms. The number of ether oxygens (including phenoxy) is 8. The summed E-state index contributed by atoms with van der Waals surface area (Å²) >= 11 is 0. The summed E-state index contributed by atoms with van der Waals surface area (Å²) < 4.78 is 45.7. The molecule has 17 atom stereocenters. The first-order chi connectivity index (χ1) is 57.3. The van der Waals surface area contributed by atoms with E-state index in [1.807, 2.05) is 132 Å². The van der Waals surface area contributed by atoms with Crippen molar-refractivity contribution >= 4 is 59.7 Å². The van der Waals surface area contributed by atoms with Gasteiger partial charge in [0.05, 0.1) is 77.6 Å². The third-order valence-corrected chi connectivity index (χ3v) is 34.0. The number of carbonyl (C=O) groups is 10. The fourth-order valence-corrected chi connectivity index (χ4v) is 22.7. The minimum Gasteiger partial charge on any atom is -0.481 e. The number of hydrogen-bond donors (Lipinski definition) is 6. The van der Waals surface area contributed by atoms with Crippen LogP contribution in [-0.4, -0.2) is 160 Å². The van der Waals surface area contributed by atoms with E-state index in [4.69, 9.17) is 48.1 Å². The minimum atomic E-state index is -0.842. The molecule has 125 heavy (non-hydrogen) atoms. The number of fused-ring (bicyclic) bond motifs is 4. The zero-order valence-corrected chi connectivity index (χ0v) is 82.0. The van der Waals surface area contributed by atoms with Crippen molar-refractivity contribution in [3.05, 3.63) is 0 Å². The van der Waals surface area contributed by atoms with Crippen LogP contribution in [0.15, 0.2) is 0 Å². The topological polar surface area (TPSA) is 366 Å². The predicted octanol–water partition coefficient (Wildman–Crippen LogP) is 19.0. The minimum absolute atomic E-state index is 0.00870. The number of aliphatic hydroxyl groups is 4. The van der Waals surface area contributed by atoms with E-state index in [0.29, 0.717) is 86.9 Å². The van der Waals surface area contributed by atoms with Gasteiger partial charge in [-0.05, 0) is 314 Å². The van der Waals surface area contributed by atoms with Gasteiger partial charge in [-0.3, -0.25) is 47.9 Å². The van der Waals surface area contributed by atoms with Crippen molar-refractivity contribution < 1.29 is 116 Å². The molecule has 24 nitrogen and oxygen atoms in total. The van der Waals surface area contributed by atoms with Crippen molar-refractivity contribution in [1.82, 2.24) is 0 Å². The second-order valence-electron chi connectivity index (χ2n) is 47.3. The summed E-state index contributed by atoms with van der Waals surface area (Å²) in [4.78, 5) is 117. The lowest BCUT2D eigenvalue weighted by Gasteiger charge is -2.62. The van der Waals surface area contributed by atoms with Crippen molar-refractivity contribution in [3.8, 4) is 0 Å². The van der Waals surface area contributed by atoms with E-state index in [1.165, 1.54) is 32.1 Å². The van der Waals surface area contributed by atoms with E-state index in [1.54, 1.807) is 27.7 Å². The zero-order valence-electron chi connectivity index (χ0n) is 82.0. The molecule has 14 bridgehead atoms. The van der Waals surface area contributed by atoms with Gasteiger partial charge in [0.2, 0.25) is 0 Å². The molecule has 6 N–H and O–H groups in total. The standard InChI is InChI=1S/2C16H26O4.C15H26O2.2C14H20O4.C14H26O2.2C6H12O2/c2*1-4-13(2,3)12(17)20-16-7-11-5-14(18,9-16)8-15(19,6-11)10-16;1-5-14(3,4)13(16)17-15(6-2)10-11-7-8-12(15)9-11;2*1-4-14(2,3)13(16)18-10-7-5-8-9(6-7)12(15)17-11(8)10;1-6-13(4,5)12(15)16-14(11(2)3)9-7-8-10-14;2*1-4-6(2,3)5(7)8/h2*11,18-19H,4-10H2,1-3H3;11-12H,5-10H2,1-4H3;2*7-11H,4-6H2,1-3H3;11H,6-10H2,1-5H3;2*4H2,1-3H3,(H,7,8). The summed E-state index contributed by atoms with van der Waals surface area (Å²) in [5.41, 5.74) is -8.63. The fourth-order valence-electron chi connectivity index (χ4n) is 22.7. The molecule has 17 rings (SSSR count). The number of esters is 8. The lowest BCUT2D eigenvalue weighted by Crippen LogP contribution is -2.67. The number of aliphatic carboxylic acids is 2. The monoisotopic (exact) mass is 1770 g/mol. The van der Waals surface area contributed by atoms with Crippen LogP contribution in [0.5, 0.6) is 0 Å². The zero-order chi connectivity index (χ0) is 94.4. The molecule has 0 radical (unpaired) electrons. The molecular weight excluding hydrogens is 1600 g/mol. The van der Waals surface area contributed by atoms with Crippen LogP contribution in [0.1, 0.15) is 399 Å². The Kier molecular flexibility index (Phi) is 32.2. The van der Waals surface area contributed by atoms with Crippen LogP contribution in [0.3, 0.4) is 0 Å². The van der Waals surface area contributed by atoms with Gasteiger partial charge in [0.15, 0.2) is 0 Å². The molecule has 17 unspecified atom stereocenters. The van der Waals surface area contributed by atoms with E-state index in [0.717, 1.165) is 134 Å². The van der Waals surface area contributed by atoms with E-state index >= 15 is 0 Å². The Morgan fingerprint density at radius 1 is 0.376 bits per heavy atom. The van der Waals surface area contributed by atoms with Crippen molar-refractivity contribution in [2.24, 2.45) is 108 Å². The third kappa shape index (κ3) is 23.4. The summed E-state index contributed by atoms with van der Waals surface area (Å²) in [6.45, 7) is 52.2. The molecule has 2 aliphatic heterocycles. The quantitative estimate of drug-likeness (QED) is 0.0386. The summed E-state index contributed by atoms with van der Waals surface area (Å²) in [6.07, 6.45) is 26.7. The van der Waals surface area contributed by atoms with Crippen molar-refractivity contribution in [1.29, 1.82) is 0 Å². The predicted molar refractivity (Wildman–Crippen MR) is 473 cm³/mol. The van der Waals surface area contributed by atoms with Crippen molar-refractivity contribution in [2.75, 3.05) is 0 Å². The van der Waals surface area contributed by atoms with Gasteiger partial charge in [0.25, 0.3) is 0 Å². The molecule has 2 saturated heterocycles. The summed E-state index contributed by atoms with van der Waals surface area (Å²) in [5, 5.41) is 59.5. The number of carboxylic acids is 2. The largest absolute Gasteiger partial charge is 0.481 e. The summed E-state index contributed by atoms with van der Waals surface area (Å²) in [7, 11) is 0. The van der Waals surface area contributed by atoms with Crippen molar-refractivity contribution in [2.45, 2.75) is 468 Å². The lowest BCUT2D eigenvalue weighted by atomic mass is 9.50. The van der Waals surface area contributed by atoms with Crippen molar-refractivity contribution in [3.63, 3.8) is 0 Å². The summed E-state index contributed by atoms with van der Waals surface area (Å²) in [6, 6.07) is 0. The number of carbonyl (C=O) groups excluding carboxylic acids is 8. The Labute approximate surface area is 748 Å². The molecule has 0 aromatic rings. The molecule has 0 spiro atoms. The van der Waals surface area contributed by atoms with Crippen LogP contribution in [0.2, 0.25) is 0 Å². The highest BCUT2D eigenvalue weighted by atomic mass is 16.6. The van der Waals surface area contributed by atoms with Gasteiger partial charge in [-0.25, -0.2) is 0 Å². The van der Waals surface area contributed by atoms with Gasteiger partial charge in [-0.1, -0.05) is 76.2 Å². The number of rotatable bonds is 24. The van der Waals surface area contributed by atoms with Gasteiger partial charge in [0.1, 0.15) is 46.8 Å². The first kappa shape index (κ1) is 105. The van der Waals surface area contributed by atoms with E-state index < -0.39 is 78.0 Å². The Bertz CT molecular complexity index is 3610. The summed E-state index contributed by atoms with van der Waals surface area (Å²) in [5.74, 6) is 1.48. The maximum absolute atomic E-state index is 12.4. The normalized spacial score (nSPS) is 35.7. The maximum Gasteiger partial charge on any atom is 0.312 e. The molecule has 0 aromatic carbocycles. The van der Waals surface area contributed by atoms with Crippen LogP contribution >= 0.6 is 0 Å². The molecule has 716 valence electrons. The first-order valence-electron chi connectivity index (χ1n) is 48.5. The van der Waals surface area contributed by atoms with Gasteiger partial charge < -0.3 is 68.5 Å². The highest BCUT2D eigenvalue weighted by molar-refractivity contribution is 5.81. The van der Waals surface area contributed by atoms with Gasteiger partial charge in [-0.15, -0.1) is 0 Å². The second kappa shape index (κ2) is 38.4. The highest BCUT2D eigenvalue weighted by Crippen LogP contribution is 2.64. The molecular formula is C101H168O24. The molecule has 15 saturated carbocycles. The van der Waals surface area contributed by atoms with E-state index in [9.17, 15) is 68.4 Å². The molecule has 17 fully saturated rings. The number of carboxylic acid groups (broad SMARTS) is 2. The molecule has 0 amide bonds. The Hall–Kier alpha value is -5.46. The average Bonchev–Trinajstić information content (AvgIpc) is 1.70. The van der Waals surface area contributed by atoms with Crippen LogP contribution in [0.25, 0.3) is 0 Å². The molecule has 0 aromatic heterocycles. The Balaban J connectivity index is 0.000000180. The maximum atomic E-state index is 12.4. The third-order valence-electron chi connectivity index (χ3n) is 34.0. The molecule has 15 aliphatic carbocycles. The fraction of sp³-hybridized carbons (Fsp3) is 0.901. The first-order valence-corrected chi connectivity index (χ1v) is 48.5. The Morgan fingerprint density at radius 2 is 0.680 bits per heavy atom. The van der Waals surface area contributed by atoms with Gasteiger partial charge in [0, 0.05) is 62.2 Å². The lowest BCUT2D eigenvalue weighted by molar-refractivity contribution is -0.265. The highest BCUT2D eigenvalue weighted by Gasteiger charge is 2.69. The van der Waals surface area contributed by atoms with E-state index in [2.05, 4.69) is 27.7 Å². The smallest absolute Gasteiger partial charge is 0.312 e. The second-order valence-corrected chi connectivity index (χ2v) is 47.3. The van der Waals surface area contributed by atoms with Gasteiger partial charge >= 0.3 is 59.7 Å². The van der Waals surface area contributed by atoms with Crippen LogP contribution < -0.4 is 0 Å². The van der Waals surface area contributed by atoms with Crippen LogP contribution in [0, 0.1) is 108 Å². The number of hydrogen-bond acceptors (Lipinski definition) is 22. The SMILES string of the molecule is CCC(C)(C)C(=O)O.CCC(C)(C)C(=O)O.CCC(C)(C)C(=O)OC1(C(C)C)CCCC1.CCC(C)(C)C(=O)OC1(CC)CC2CCC1C2.CCC(C)(C)C(=O)OC12CC3CC(O)(CC(O)(C3)C1)C2.CCC(C)(C)C(=O)OC12CC3CC(O)(CC(O)(C3)C1)C2.CCC(C)(C)C(=O)OC1C2CC3C(=O)OC1C3C2.CCC(C)(C)C(=O)OC1C2CC3C(=O)OC1C3C2.